The number of hydrogen-bond acceptors (Lipinski definition) is 3. The molecule has 2 aromatic rings. The van der Waals surface area contributed by atoms with E-state index in [1.807, 2.05) is 0 Å². The maximum absolute atomic E-state index is 13.0. The van der Waals surface area contributed by atoms with Gasteiger partial charge in [-0.3, -0.25) is 0 Å². The Kier molecular flexibility index (Phi) is 4.49. The van der Waals surface area contributed by atoms with Crippen molar-refractivity contribution in [2.24, 2.45) is 0 Å². The van der Waals surface area contributed by atoms with Crippen molar-refractivity contribution >= 4 is 15.9 Å². The highest BCUT2D eigenvalue weighted by atomic mass is 79.9. The molecule has 1 aromatic carbocycles. The van der Waals surface area contributed by atoms with Gasteiger partial charge < -0.3 is 9.73 Å². The summed E-state index contributed by atoms with van der Waals surface area (Å²) in [6.07, 6.45) is 2.70. The fourth-order valence-corrected chi connectivity index (χ4v) is 2.09. The summed E-state index contributed by atoms with van der Waals surface area (Å²) in [4.78, 5) is 4.36. The molecule has 0 saturated carbocycles. The maximum Gasteiger partial charge on any atom is 0.227 e. The molecule has 0 saturated heterocycles. The Bertz CT molecular complexity index is 527. The van der Waals surface area contributed by atoms with E-state index in [2.05, 4.69) is 33.2 Å². The van der Waals surface area contributed by atoms with Gasteiger partial charge in [0.25, 0.3) is 0 Å². The van der Waals surface area contributed by atoms with Crippen molar-refractivity contribution in [2.45, 2.75) is 19.9 Å². The lowest BCUT2D eigenvalue weighted by Crippen LogP contribution is -2.13. The van der Waals surface area contributed by atoms with Crippen LogP contribution in [-0.4, -0.2) is 11.5 Å². The van der Waals surface area contributed by atoms with Crippen LogP contribution in [0.25, 0.3) is 11.5 Å². The second-order valence-corrected chi connectivity index (χ2v) is 4.80. The molecule has 0 unspecified atom stereocenters. The molecule has 0 aliphatic heterocycles. The quantitative estimate of drug-likeness (QED) is 0.855. The van der Waals surface area contributed by atoms with Crippen LogP contribution in [0.15, 0.2) is 33.4 Å². The molecule has 1 aromatic heterocycles. The molecule has 0 aliphatic carbocycles. The molecule has 3 nitrogen and oxygen atoms in total. The molecule has 5 heteroatoms. The lowest BCUT2D eigenvalue weighted by atomic mass is 10.2. The predicted octanol–water partition coefficient (Wildman–Crippen LogP) is 3.74. The Hall–Kier alpha value is -1.20. The summed E-state index contributed by atoms with van der Waals surface area (Å²) in [7, 11) is 0. The van der Waals surface area contributed by atoms with E-state index >= 15 is 0 Å². The first kappa shape index (κ1) is 13.2. The molecule has 0 aliphatic rings. The molecular formula is C13H14BrFN2O. The first-order valence-electron chi connectivity index (χ1n) is 5.81. The smallest absolute Gasteiger partial charge is 0.227 e. The van der Waals surface area contributed by atoms with E-state index in [1.165, 1.54) is 12.1 Å². The molecule has 0 radical (unpaired) electrons. The van der Waals surface area contributed by atoms with Gasteiger partial charge in [-0.05, 0) is 47.1 Å². The zero-order chi connectivity index (χ0) is 13.0. The highest BCUT2D eigenvalue weighted by Gasteiger charge is 2.10. The third-order valence-corrected chi connectivity index (χ3v) is 3.10. The average Bonchev–Trinajstić information content (AvgIpc) is 2.78. The summed E-state index contributed by atoms with van der Waals surface area (Å²) < 4.78 is 19.0. The molecule has 0 fully saturated rings. The van der Waals surface area contributed by atoms with Crippen LogP contribution in [0.3, 0.4) is 0 Å². The number of benzene rings is 1. The lowest BCUT2D eigenvalue weighted by Gasteiger charge is -1.99. The van der Waals surface area contributed by atoms with Gasteiger partial charge >= 0.3 is 0 Å². The number of nitrogens with one attached hydrogen (secondary N) is 1. The van der Waals surface area contributed by atoms with Gasteiger partial charge in [-0.2, -0.15) is 0 Å². The van der Waals surface area contributed by atoms with Crippen LogP contribution in [0.2, 0.25) is 0 Å². The van der Waals surface area contributed by atoms with Crippen molar-refractivity contribution in [2.75, 3.05) is 6.54 Å². The minimum atomic E-state index is -0.290. The molecule has 0 bridgehead atoms. The Balaban J connectivity index is 2.13. The van der Waals surface area contributed by atoms with E-state index in [9.17, 15) is 4.39 Å². The van der Waals surface area contributed by atoms with Crippen LogP contribution in [0.1, 0.15) is 19.0 Å². The highest BCUT2D eigenvalue weighted by Crippen LogP contribution is 2.28. The molecule has 96 valence electrons. The lowest BCUT2D eigenvalue weighted by molar-refractivity contribution is 0.569. The molecule has 2 rings (SSSR count). The third-order valence-electron chi connectivity index (χ3n) is 2.45. The summed E-state index contributed by atoms with van der Waals surface area (Å²) in [5.74, 6) is 0.206. The molecule has 0 spiro atoms. The van der Waals surface area contributed by atoms with Crippen molar-refractivity contribution in [3.8, 4) is 11.5 Å². The van der Waals surface area contributed by atoms with Gasteiger partial charge in [0.1, 0.15) is 12.1 Å². The number of halogens is 2. The highest BCUT2D eigenvalue weighted by molar-refractivity contribution is 9.10. The van der Waals surface area contributed by atoms with Crippen molar-refractivity contribution in [3.63, 3.8) is 0 Å². The third kappa shape index (κ3) is 3.17. The van der Waals surface area contributed by atoms with Crippen LogP contribution in [0, 0.1) is 5.82 Å². The fourth-order valence-electron chi connectivity index (χ4n) is 1.57. The first-order chi connectivity index (χ1) is 8.70. The summed E-state index contributed by atoms with van der Waals surface area (Å²) >= 11 is 3.30. The van der Waals surface area contributed by atoms with Crippen LogP contribution in [0.4, 0.5) is 4.39 Å². The number of rotatable bonds is 5. The second-order valence-electron chi connectivity index (χ2n) is 3.94. The summed E-state index contributed by atoms with van der Waals surface area (Å²) in [6.45, 7) is 3.73. The van der Waals surface area contributed by atoms with E-state index in [4.69, 9.17) is 4.42 Å². The Morgan fingerprint density at radius 1 is 1.44 bits per heavy atom. The van der Waals surface area contributed by atoms with Crippen molar-refractivity contribution in [1.29, 1.82) is 0 Å². The van der Waals surface area contributed by atoms with E-state index in [0.717, 1.165) is 24.2 Å². The molecule has 18 heavy (non-hydrogen) atoms. The van der Waals surface area contributed by atoms with Crippen LogP contribution in [-0.2, 0) is 6.54 Å². The Morgan fingerprint density at radius 2 is 2.28 bits per heavy atom. The maximum atomic E-state index is 13.0. The average molecular weight is 313 g/mol. The van der Waals surface area contributed by atoms with Crippen LogP contribution in [0.5, 0.6) is 0 Å². The molecule has 1 N–H and O–H groups in total. The molecular weight excluding hydrogens is 299 g/mol. The molecule has 1 heterocycles. The number of aromatic nitrogens is 1. The first-order valence-corrected chi connectivity index (χ1v) is 6.60. The topological polar surface area (TPSA) is 38.1 Å². The van der Waals surface area contributed by atoms with Gasteiger partial charge in [-0.25, -0.2) is 9.37 Å². The van der Waals surface area contributed by atoms with Gasteiger partial charge in [-0.15, -0.1) is 0 Å². The van der Waals surface area contributed by atoms with Crippen LogP contribution < -0.4 is 5.32 Å². The van der Waals surface area contributed by atoms with Crippen molar-refractivity contribution in [3.05, 3.63) is 40.4 Å². The zero-order valence-electron chi connectivity index (χ0n) is 10.0. The minimum Gasteiger partial charge on any atom is -0.444 e. The van der Waals surface area contributed by atoms with Crippen molar-refractivity contribution in [1.82, 2.24) is 10.3 Å². The predicted molar refractivity (Wildman–Crippen MR) is 71.6 cm³/mol. The monoisotopic (exact) mass is 312 g/mol. The molecule has 0 amide bonds. The minimum absolute atomic E-state index is 0.290. The number of oxazole rings is 1. The zero-order valence-corrected chi connectivity index (χ0v) is 11.6. The largest absolute Gasteiger partial charge is 0.444 e. The second kappa shape index (κ2) is 6.11. The SMILES string of the molecule is CCCNCc1coc(-c2ccc(F)cc2Br)n1. The summed E-state index contributed by atoms with van der Waals surface area (Å²) in [6, 6.07) is 4.43. The standard InChI is InChI=1S/C13H14BrFN2O/c1-2-5-16-7-10-8-18-13(17-10)11-4-3-9(15)6-12(11)14/h3-4,6,8,16H,2,5,7H2,1H3. The molecule has 0 atom stereocenters. The van der Waals surface area contributed by atoms with Gasteiger partial charge in [-0.1, -0.05) is 6.92 Å². The van der Waals surface area contributed by atoms with Gasteiger partial charge in [0.05, 0.1) is 11.3 Å². The van der Waals surface area contributed by atoms with E-state index in [-0.39, 0.29) is 5.82 Å². The Morgan fingerprint density at radius 3 is 3.00 bits per heavy atom. The van der Waals surface area contributed by atoms with E-state index in [0.29, 0.717) is 16.9 Å². The van der Waals surface area contributed by atoms with Crippen molar-refractivity contribution < 1.29 is 8.81 Å². The number of nitrogens with zero attached hydrogens (tertiary/aromatic N) is 1. The summed E-state index contributed by atoms with van der Waals surface area (Å²) in [5, 5.41) is 3.25. The van der Waals surface area contributed by atoms with E-state index < -0.39 is 0 Å². The van der Waals surface area contributed by atoms with Crippen LogP contribution >= 0.6 is 15.9 Å². The number of hydrogen-bond donors (Lipinski definition) is 1. The van der Waals surface area contributed by atoms with Gasteiger partial charge in [0.2, 0.25) is 5.89 Å². The van der Waals surface area contributed by atoms with E-state index in [1.54, 1.807) is 12.3 Å². The Labute approximate surface area is 114 Å². The van der Waals surface area contributed by atoms with Gasteiger partial charge in [0, 0.05) is 11.0 Å². The normalized spacial score (nSPS) is 10.8. The van der Waals surface area contributed by atoms with Gasteiger partial charge in [0.15, 0.2) is 0 Å². The summed E-state index contributed by atoms with van der Waals surface area (Å²) in [5.41, 5.74) is 1.59. The fraction of sp³-hybridized carbons (Fsp3) is 0.308.